The summed E-state index contributed by atoms with van der Waals surface area (Å²) in [6.45, 7) is 0. The molecule has 1 atom stereocenters. The van der Waals surface area contributed by atoms with Crippen LogP contribution in [0, 0.1) is 5.92 Å². The summed E-state index contributed by atoms with van der Waals surface area (Å²) < 4.78 is 0. The van der Waals surface area contributed by atoms with Gasteiger partial charge in [-0.1, -0.05) is 68.9 Å². The van der Waals surface area contributed by atoms with E-state index in [4.69, 9.17) is 0 Å². The zero-order valence-corrected chi connectivity index (χ0v) is 12.6. The van der Waals surface area contributed by atoms with Gasteiger partial charge in [-0.2, -0.15) is 0 Å². The highest BCUT2D eigenvalue weighted by molar-refractivity contribution is 5.28. The minimum absolute atomic E-state index is 0.0432. The summed E-state index contributed by atoms with van der Waals surface area (Å²) in [6.07, 6.45) is 12.6. The molecule has 1 aromatic rings. The lowest BCUT2D eigenvalue weighted by Crippen LogP contribution is -2.46. The van der Waals surface area contributed by atoms with Crippen molar-refractivity contribution in [1.82, 2.24) is 0 Å². The van der Waals surface area contributed by atoms with Crippen LogP contribution < -0.4 is 0 Å². The standard InChI is InChI=1S/C19H28O/c20-18(16-10-4-1-5-11-16)19(14-8-3-9-15-19)17-12-6-2-7-13-17/h2,6-7,12-13,16,18,20H,1,3-5,8-11,14-15H2. The molecule has 0 saturated heterocycles. The lowest BCUT2D eigenvalue weighted by molar-refractivity contribution is -0.00544. The molecule has 2 fully saturated rings. The maximum absolute atomic E-state index is 11.2. The van der Waals surface area contributed by atoms with Crippen LogP contribution in [0.1, 0.15) is 69.8 Å². The zero-order valence-electron chi connectivity index (χ0n) is 12.6. The van der Waals surface area contributed by atoms with Crippen molar-refractivity contribution in [3.63, 3.8) is 0 Å². The molecule has 0 bridgehead atoms. The molecule has 2 aliphatic rings. The second-order valence-corrected chi connectivity index (χ2v) is 6.93. The van der Waals surface area contributed by atoms with Crippen LogP contribution >= 0.6 is 0 Å². The van der Waals surface area contributed by atoms with Gasteiger partial charge in [-0.05, 0) is 37.2 Å². The Morgan fingerprint density at radius 3 is 2.10 bits per heavy atom. The average Bonchev–Trinajstić information content (AvgIpc) is 2.56. The minimum atomic E-state index is -0.134. The van der Waals surface area contributed by atoms with Crippen LogP contribution in [0.25, 0.3) is 0 Å². The van der Waals surface area contributed by atoms with Crippen LogP contribution in [0.2, 0.25) is 0 Å². The monoisotopic (exact) mass is 272 g/mol. The van der Waals surface area contributed by atoms with E-state index in [0.717, 1.165) is 0 Å². The van der Waals surface area contributed by atoms with Gasteiger partial charge in [0.2, 0.25) is 0 Å². The third kappa shape index (κ3) is 2.65. The zero-order chi connectivity index (χ0) is 13.8. The van der Waals surface area contributed by atoms with Crippen LogP contribution in [-0.4, -0.2) is 11.2 Å². The van der Waals surface area contributed by atoms with Crippen LogP contribution in [0.4, 0.5) is 0 Å². The first-order valence-electron chi connectivity index (χ1n) is 8.56. The Morgan fingerprint density at radius 2 is 1.45 bits per heavy atom. The quantitative estimate of drug-likeness (QED) is 0.835. The van der Waals surface area contributed by atoms with Gasteiger partial charge in [0, 0.05) is 5.41 Å². The molecule has 1 heteroatoms. The molecule has 0 aromatic heterocycles. The van der Waals surface area contributed by atoms with Crippen molar-refractivity contribution in [2.24, 2.45) is 5.92 Å². The number of hydrogen-bond donors (Lipinski definition) is 1. The SMILES string of the molecule is OC(C1CCCCC1)C1(c2ccccc2)CCCCC1. The molecule has 1 N–H and O–H groups in total. The van der Waals surface area contributed by atoms with Crippen molar-refractivity contribution in [3.05, 3.63) is 35.9 Å². The predicted molar refractivity (Wildman–Crippen MR) is 83.8 cm³/mol. The molecule has 3 rings (SSSR count). The second kappa shape index (κ2) is 6.30. The van der Waals surface area contributed by atoms with Crippen molar-refractivity contribution >= 4 is 0 Å². The van der Waals surface area contributed by atoms with Gasteiger partial charge in [0.1, 0.15) is 0 Å². The Hall–Kier alpha value is -0.820. The molecule has 20 heavy (non-hydrogen) atoms. The van der Waals surface area contributed by atoms with E-state index in [1.54, 1.807) is 0 Å². The molecule has 1 nitrogen and oxygen atoms in total. The summed E-state index contributed by atoms with van der Waals surface area (Å²) in [5, 5.41) is 11.2. The molecule has 1 aromatic carbocycles. The molecule has 2 aliphatic carbocycles. The van der Waals surface area contributed by atoms with Gasteiger partial charge in [-0.15, -0.1) is 0 Å². The first-order chi connectivity index (χ1) is 9.83. The van der Waals surface area contributed by atoms with E-state index in [9.17, 15) is 5.11 Å². The molecule has 0 aliphatic heterocycles. The van der Waals surface area contributed by atoms with E-state index in [1.807, 2.05) is 0 Å². The van der Waals surface area contributed by atoms with E-state index in [-0.39, 0.29) is 11.5 Å². The van der Waals surface area contributed by atoms with Gasteiger partial charge in [0.15, 0.2) is 0 Å². The van der Waals surface area contributed by atoms with E-state index in [2.05, 4.69) is 30.3 Å². The van der Waals surface area contributed by atoms with Gasteiger partial charge in [-0.3, -0.25) is 0 Å². The molecule has 0 spiro atoms. The van der Waals surface area contributed by atoms with E-state index in [1.165, 1.54) is 69.8 Å². The molecular weight excluding hydrogens is 244 g/mol. The number of hydrogen-bond acceptors (Lipinski definition) is 1. The summed E-state index contributed by atoms with van der Waals surface area (Å²) in [4.78, 5) is 0. The molecular formula is C19H28O. The van der Waals surface area contributed by atoms with Gasteiger partial charge < -0.3 is 5.11 Å². The van der Waals surface area contributed by atoms with Crippen molar-refractivity contribution < 1.29 is 5.11 Å². The van der Waals surface area contributed by atoms with Gasteiger partial charge in [0.05, 0.1) is 6.10 Å². The smallest absolute Gasteiger partial charge is 0.0664 e. The number of aliphatic hydroxyl groups is 1. The van der Waals surface area contributed by atoms with Crippen molar-refractivity contribution in [3.8, 4) is 0 Å². The Morgan fingerprint density at radius 1 is 0.850 bits per heavy atom. The summed E-state index contributed by atoms with van der Waals surface area (Å²) in [5.74, 6) is 0.530. The Kier molecular flexibility index (Phi) is 4.45. The predicted octanol–water partition coefficient (Wildman–Crippen LogP) is 4.83. The maximum Gasteiger partial charge on any atom is 0.0664 e. The van der Waals surface area contributed by atoms with E-state index < -0.39 is 0 Å². The molecule has 1 unspecified atom stereocenters. The minimum Gasteiger partial charge on any atom is -0.392 e. The first kappa shape index (κ1) is 14.1. The third-order valence-electron chi connectivity index (χ3n) is 5.76. The summed E-state index contributed by atoms with van der Waals surface area (Å²) in [7, 11) is 0. The van der Waals surface area contributed by atoms with Gasteiger partial charge >= 0.3 is 0 Å². The van der Waals surface area contributed by atoms with Crippen molar-refractivity contribution in [1.29, 1.82) is 0 Å². The third-order valence-corrected chi connectivity index (χ3v) is 5.76. The van der Waals surface area contributed by atoms with Gasteiger partial charge in [-0.25, -0.2) is 0 Å². The highest BCUT2D eigenvalue weighted by Crippen LogP contribution is 2.46. The number of rotatable bonds is 3. The fourth-order valence-electron chi connectivity index (χ4n) is 4.61. The van der Waals surface area contributed by atoms with Crippen molar-refractivity contribution in [2.75, 3.05) is 0 Å². The molecule has 110 valence electrons. The fraction of sp³-hybridized carbons (Fsp3) is 0.684. The fourth-order valence-corrected chi connectivity index (χ4v) is 4.61. The van der Waals surface area contributed by atoms with Gasteiger partial charge in [0.25, 0.3) is 0 Å². The first-order valence-corrected chi connectivity index (χ1v) is 8.56. The number of benzene rings is 1. The summed E-state index contributed by atoms with van der Waals surface area (Å²) >= 11 is 0. The highest BCUT2D eigenvalue weighted by atomic mass is 16.3. The molecule has 0 amide bonds. The van der Waals surface area contributed by atoms with Crippen LogP contribution in [-0.2, 0) is 5.41 Å². The number of aliphatic hydroxyl groups excluding tert-OH is 1. The Balaban J connectivity index is 1.88. The normalized spacial score (nSPS) is 25.2. The Bertz CT molecular complexity index is 399. The summed E-state index contributed by atoms with van der Waals surface area (Å²) in [5.41, 5.74) is 1.43. The average molecular weight is 272 g/mol. The second-order valence-electron chi connectivity index (χ2n) is 6.93. The molecule has 0 radical (unpaired) electrons. The molecule has 2 saturated carbocycles. The molecule has 0 heterocycles. The largest absolute Gasteiger partial charge is 0.392 e. The van der Waals surface area contributed by atoms with Crippen LogP contribution in [0.5, 0.6) is 0 Å². The van der Waals surface area contributed by atoms with E-state index >= 15 is 0 Å². The van der Waals surface area contributed by atoms with Crippen molar-refractivity contribution in [2.45, 2.75) is 75.7 Å². The topological polar surface area (TPSA) is 20.2 Å². The highest BCUT2D eigenvalue weighted by Gasteiger charge is 2.43. The lowest BCUT2D eigenvalue weighted by atomic mass is 9.61. The maximum atomic E-state index is 11.2. The Labute approximate surface area is 123 Å². The van der Waals surface area contributed by atoms with Crippen LogP contribution in [0.15, 0.2) is 30.3 Å². The van der Waals surface area contributed by atoms with Crippen LogP contribution in [0.3, 0.4) is 0 Å². The lowest BCUT2D eigenvalue weighted by Gasteiger charge is -2.45. The van der Waals surface area contributed by atoms with E-state index in [0.29, 0.717) is 5.92 Å². The summed E-state index contributed by atoms with van der Waals surface area (Å²) in [6, 6.07) is 10.9.